The molecular formula is C17H28N4O3. The van der Waals surface area contributed by atoms with Crippen LogP contribution in [0.4, 0.5) is 0 Å². The first kappa shape index (κ1) is 17.4. The highest BCUT2D eigenvalue weighted by molar-refractivity contribution is 5.92. The topological polar surface area (TPSA) is 59.8 Å². The summed E-state index contributed by atoms with van der Waals surface area (Å²) in [6.45, 7) is 5.60. The van der Waals surface area contributed by atoms with E-state index in [1.165, 1.54) is 12.8 Å². The molecule has 0 aromatic carbocycles. The van der Waals surface area contributed by atoms with Gasteiger partial charge in [0.05, 0.1) is 19.8 Å². The highest BCUT2D eigenvalue weighted by Crippen LogP contribution is 2.38. The average molecular weight is 336 g/mol. The molecule has 2 saturated heterocycles. The number of amides is 1. The molecule has 0 saturated carbocycles. The van der Waals surface area contributed by atoms with Gasteiger partial charge in [0.2, 0.25) is 0 Å². The number of aromatic nitrogens is 2. The molecule has 134 valence electrons. The van der Waals surface area contributed by atoms with Gasteiger partial charge >= 0.3 is 0 Å². The van der Waals surface area contributed by atoms with Gasteiger partial charge in [-0.25, -0.2) is 0 Å². The average Bonchev–Trinajstić information content (AvgIpc) is 3.07. The Balaban J connectivity index is 1.66. The van der Waals surface area contributed by atoms with Crippen molar-refractivity contribution in [3.05, 3.63) is 18.0 Å². The van der Waals surface area contributed by atoms with Crippen molar-refractivity contribution in [2.75, 3.05) is 53.6 Å². The maximum Gasteiger partial charge on any atom is 0.272 e. The molecule has 2 aliphatic rings. The number of carbonyl (C=O) groups is 1. The Kier molecular flexibility index (Phi) is 5.53. The van der Waals surface area contributed by atoms with Crippen LogP contribution >= 0.6 is 0 Å². The third-order valence-electron chi connectivity index (χ3n) is 5.37. The number of piperidine rings is 1. The number of carbonyl (C=O) groups excluding carboxylic acids is 1. The summed E-state index contributed by atoms with van der Waals surface area (Å²) in [6.07, 6.45) is 5.09. The van der Waals surface area contributed by atoms with Crippen molar-refractivity contribution in [1.29, 1.82) is 0 Å². The van der Waals surface area contributed by atoms with Gasteiger partial charge in [-0.1, -0.05) is 0 Å². The predicted octanol–water partition coefficient (Wildman–Crippen LogP) is 0.856. The lowest BCUT2D eigenvalue weighted by atomic mass is 9.77. The minimum Gasteiger partial charge on any atom is -0.383 e. The van der Waals surface area contributed by atoms with Crippen molar-refractivity contribution in [3.63, 3.8) is 0 Å². The van der Waals surface area contributed by atoms with E-state index in [-0.39, 0.29) is 11.4 Å². The lowest BCUT2D eigenvalue weighted by Crippen LogP contribution is -2.67. The Hall–Kier alpha value is -1.44. The number of hydrogen-bond donors (Lipinski definition) is 0. The molecule has 1 atom stereocenters. The smallest absolute Gasteiger partial charge is 0.272 e. The fourth-order valence-electron chi connectivity index (χ4n) is 3.92. The first-order valence-electron chi connectivity index (χ1n) is 8.74. The van der Waals surface area contributed by atoms with Gasteiger partial charge in [0.15, 0.2) is 0 Å². The molecule has 1 amide bonds. The van der Waals surface area contributed by atoms with Crippen LogP contribution in [0.15, 0.2) is 12.3 Å². The fourth-order valence-corrected chi connectivity index (χ4v) is 3.92. The molecule has 0 bridgehead atoms. The van der Waals surface area contributed by atoms with E-state index in [1.807, 2.05) is 11.0 Å². The van der Waals surface area contributed by atoms with Gasteiger partial charge in [-0.15, -0.1) is 0 Å². The molecule has 3 rings (SSSR count). The Morgan fingerprint density at radius 2 is 2.00 bits per heavy atom. The molecule has 1 aromatic heterocycles. The molecule has 0 unspecified atom stereocenters. The van der Waals surface area contributed by atoms with E-state index in [9.17, 15) is 4.79 Å². The number of nitrogens with zero attached hydrogens (tertiary/aromatic N) is 4. The van der Waals surface area contributed by atoms with Crippen molar-refractivity contribution in [1.82, 2.24) is 19.6 Å². The number of ether oxygens (including phenoxy) is 2. The Bertz CT molecular complexity index is 562. The number of rotatable bonds is 7. The highest BCUT2D eigenvalue weighted by Gasteiger charge is 2.47. The molecular weight excluding hydrogens is 308 g/mol. The number of hydrogen-bond acceptors (Lipinski definition) is 5. The van der Waals surface area contributed by atoms with E-state index in [4.69, 9.17) is 9.47 Å². The maximum atomic E-state index is 13.0. The van der Waals surface area contributed by atoms with Gasteiger partial charge in [0, 0.05) is 52.1 Å². The molecule has 3 heterocycles. The van der Waals surface area contributed by atoms with Gasteiger partial charge in [-0.05, 0) is 25.3 Å². The van der Waals surface area contributed by atoms with Crippen LogP contribution in [0.5, 0.6) is 0 Å². The quantitative estimate of drug-likeness (QED) is 0.739. The largest absolute Gasteiger partial charge is 0.383 e. The van der Waals surface area contributed by atoms with Crippen molar-refractivity contribution in [3.8, 4) is 0 Å². The third-order valence-corrected chi connectivity index (χ3v) is 5.37. The second-order valence-electron chi connectivity index (χ2n) is 6.72. The Labute approximate surface area is 143 Å². The van der Waals surface area contributed by atoms with Crippen molar-refractivity contribution < 1.29 is 14.3 Å². The van der Waals surface area contributed by atoms with Gasteiger partial charge < -0.3 is 14.4 Å². The number of methoxy groups -OCH3 is 2. The molecule has 0 aliphatic carbocycles. The molecule has 2 fully saturated rings. The summed E-state index contributed by atoms with van der Waals surface area (Å²) in [5.74, 6) is 0.0845. The van der Waals surface area contributed by atoms with E-state index in [0.717, 1.165) is 39.2 Å². The summed E-state index contributed by atoms with van der Waals surface area (Å²) in [7, 11) is 3.40. The van der Waals surface area contributed by atoms with Gasteiger partial charge in [-0.3, -0.25) is 14.4 Å². The van der Waals surface area contributed by atoms with Crippen LogP contribution in [-0.4, -0.2) is 84.6 Å². The standard InChI is InChI=1S/C17H28N4O3/c1-23-12-10-20-9-6-17(20)5-3-8-19(14-17)16(22)15-4-7-18-21(15)11-13-24-2/h4,7H,3,5-6,8-14H2,1-2H3/t17-/m0/s1. The predicted molar refractivity (Wildman–Crippen MR) is 90.0 cm³/mol. The summed E-state index contributed by atoms with van der Waals surface area (Å²) in [6, 6.07) is 1.81. The summed E-state index contributed by atoms with van der Waals surface area (Å²) in [4.78, 5) is 17.5. The zero-order valence-electron chi connectivity index (χ0n) is 14.7. The van der Waals surface area contributed by atoms with Crippen molar-refractivity contribution in [2.24, 2.45) is 0 Å². The van der Waals surface area contributed by atoms with Crippen LogP contribution in [0.1, 0.15) is 29.8 Å². The van der Waals surface area contributed by atoms with Crippen molar-refractivity contribution >= 4 is 5.91 Å². The van der Waals surface area contributed by atoms with E-state index in [0.29, 0.717) is 18.8 Å². The zero-order valence-corrected chi connectivity index (χ0v) is 14.7. The van der Waals surface area contributed by atoms with E-state index < -0.39 is 0 Å². The monoisotopic (exact) mass is 336 g/mol. The fraction of sp³-hybridized carbons (Fsp3) is 0.765. The van der Waals surface area contributed by atoms with Gasteiger partial charge in [0.1, 0.15) is 5.69 Å². The van der Waals surface area contributed by atoms with Crippen LogP contribution in [0.3, 0.4) is 0 Å². The summed E-state index contributed by atoms with van der Waals surface area (Å²) >= 11 is 0. The summed E-state index contributed by atoms with van der Waals surface area (Å²) in [5, 5.41) is 4.26. The second-order valence-corrected chi connectivity index (χ2v) is 6.72. The Morgan fingerprint density at radius 3 is 2.71 bits per heavy atom. The van der Waals surface area contributed by atoms with Crippen LogP contribution in [0.2, 0.25) is 0 Å². The molecule has 0 N–H and O–H groups in total. The summed E-state index contributed by atoms with van der Waals surface area (Å²) in [5.41, 5.74) is 0.816. The molecule has 0 radical (unpaired) electrons. The molecule has 1 aromatic rings. The zero-order chi connectivity index (χ0) is 17.0. The lowest BCUT2D eigenvalue weighted by molar-refractivity contribution is -0.0680. The molecule has 7 heteroatoms. The molecule has 2 aliphatic heterocycles. The maximum absolute atomic E-state index is 13.0. The van der Waals surface area contributed by atoms with Crippen LogP contribution < -0.4 is 0 Å². The number of likely N-dealkylation sites (tertiary alicyclic amines) is 2. The lowest BCUT2D eigenvalue weighted by Gasteiger charge is -2.57. The SMILES string of the molecule is COCCN1CC[C@]12CCCN(C(=O)c1ccnn1CCOC)C2. The Morgan fingerprint density at radius 1 is 1.21 bits per heavy atom. The first-order valence-corrected chi connectivity index (χ1v) is 8.74. The molecule has 7 nitrogen and oxygen atoms in total. The molecule has 1 spiro atoms. The second kappa shape index (κ2) is 7.63. The third kappa shape index (κ3) is 3.34. The van der Waals surface area contributed by atoms with Gasteiger partial charge in [0.25, 0.3) is 5.91 Å². The summed E-state index contributed by atoms with van der Waals surface area (Å²) < 4.78 is 12.1. The first-order chi connectivity index (χ1) is 11.7. The van der Waals surface area contributed by atoms with Crippen molar-refractivity contribution in [2.45, 2.75) is 31.3 Å². The van der Waals surface area contributed by atoms with E-state index in [1.54, 1.807) is 25.1 Å². The van der Waals surface area contributed by atoms with Gasteiger partial charge in [-0.2, -0.15) is 5.10 Å². The minimum absolute atomic E-state index is 0.0845. The van der Waals surface area contributed by atoms with Crippen LogP contribution in [0.25, 0.3) is 0 Å². The van der Waals surface area contributed by atoms with E-state index in [2.05, 4.69) is 10.00 Å². The molecule has 24 heavy (non-hydrogen) atoms. The highest BCUT2D eigenvalue weighted by atomic mass is 16.5. The van der Waals surface area contributed by atoms with Crippen LogP contribution in [-0.2, 0) is 16.0 Å². The van der Waals surface area contributed by atoms with Crippen LogP contribution in [0, 0.1) is 0 Å². The minimum atomic E-state index is 0.0845. The van der Waals surface area contributed by atoms with E-state index >= 15 is 0 Å². The normalized spacial score (nSPS) is 24.3.